The number of benzene rings is 1. The summed E-state index contributed by atoms with van der Waals surface area (Å²) >= 11 is 6.00. The number of hydrogen-bond donors (Lipinski definition) is 1. The van der Waals surface area contributed by atoms with E-state index in [0.29, 0.717) is 37.6 Å². The second-order valence-corrected chi connectivity index (χ2v) is 7.83. The molecule has 1 fully saturated rings. The van der Waals surface area contributed by atoms with Crippen LogP contribution in [-0.4, -0.2) is 60.4 Å². The van der Waals surface area contributed by atoms with Gasteiger partial charge in [0.05, 0.1) is 18.8 Å². The molecule has 1 saturated heterocycles. The van der Waals surface area contributed by atoms with E-state index in [1.165, 1.54) is 0 Å². The maximum absolute atomic E-state index is 12.4. The summed E-state index contributed by atoms with van der Waals surface area (Å²) in [6, 6.07) is 7.45. The Morgan fingerprint density at radius 3 is 3.00 bits per heavy atom. The molecule has 0 aliphatic carbocycles. The van der Waals surface area contributed by atoms with Gasteiger partial charge in [0.1, 0.15) is 6.61 Å². The highest BCUT2D eigenvalue weighted by atomic mass is 35.5. The first-order chi connectivity index (χ1) is 14.5. The minimum Gasteiger partial charge on any atom is -0.464 e. The zero-order valence-corrected chi connectivity index (χ0v) is 18.4. The number of piperidine rings is 1. The molecule has 2 unspecified atom stereocenters. The molecule has 1 heterocycles. The maximum Gasteiger partial charge on any atom is 0.332 e. The number of amides is 1. The van der Waals surface area contributed by atoms with E-state index in [0.717, 1.165) is 31.2 Å². The summed E-state index contributed by atoms with van der Waals surface area (Å²) < 4.78 is 10.1. The van der Waals surface area contributed by atoms with Crippen molar-refractivity contribution in [2.24, 2.45) is 0 Å². The van der Waals surface area contributed by atoms with E-state index in [2.05, 4.69) is 0 Å². The van der Waals surface area contributed by atoms with E-state index >= 15 is 0 Å². The van der Waals surface area contributed by atoms with Crippen LogP contribution >= 0.6 is 11.6 Å². The van der Waals surface area contributed by atoms with Crippen LogP contribution in [0.15, 0.2) is 36.4 Å². The summed E-state index contributed by atoms with van der Waals surface area (Å²) in [6.45, 7) is 3.17. The van der Waals surface area contributed by atoms with Crippen LogP contribution in [0.2, 0.25) is 5.02 Å². The van der Waals surface area contributed by atoms with Crippen LogP contribution in [0.25, 0.3) is 0 Å². The smallest absolute Gasteiger partial charge is 0.332 e. The molecule has 1 N–H and O–H groups in total. The standard InChI is InChI=1S/C23H32ClNO5/c1-2-30-23(28)17-29-14-4-3-13-25-20(9-6-10-22(25)27)11-12-21(26)16-18-7-5-8-19(24)15-18/h5,7-8,11-12,15,20-21,26H,2-4,6,9-10,13-14,16-17H2,1H3. The van der Waals surface area contributed by atoms with Crippen molar-refractivity contribution in [3.8, 4) is 0 Å². The molecular weight excluding hydrogens is 406 g/mol. The Kier molecular flexibility index (Phi) is 10.9. The highest BCUT2D eigenvalue weighted by molar-refractivity contribution is 6.30. The average molecular weight is 438 g/mol. The molecule has 7 heteroatoms. The zero-order chi connectivity index (χ0) is 21.8. The molecule has 2 rings (SSSR count). The molecule has 6 nitrogen and oxygen atoms in total. The van der Waals surface area contributed by atoms with Gasteiger partial charge in [-0.25, -0.2) is 4.79 Å². The molecule has 0 bridgehead atoms. The van der Waals surface area contributed by atoms with Crippen LogP contribution in [0.4, 0.5) is 0 Å². The summed E-state index contributed by atoms with van der Waals surface area (Å²) in [4.78, 5) is 25.5. The fraction of sp³-hybridized carbons (Fsp3) is 0.565. The Morgan fingerprint density at radius 2 is 2.23 bits per heavy atom. The highest BCUT2D eigenvalue weighted by Gasteiger charge is 2.25. The Balaban J connectivity index is 1.77. The van der Waals surface area contributed by atoms with Crippen molar-refractivity contribution >= 4 is 23.5 Å². The first kappa shape index (κ1) is 24.4. The number of carbonyl (C=O) groups is 2. The van der Waals surface area contributed by atoms with E-state index in [9.17, 15) is 14.7 Å². The Hall–Kier alpha value is -1.89. The molecule has 1 aromatic rings. The molecular formula is C23H32ClNO5. The van der Waals surface area contributed by atoms with Crippen LogP contribution in [0.3, 0.4) is 0 Å². The van der Waals surface area contributed by atoms with Gasteiger partial charge in [-0.15, -0.1) is 0 Å². The fourth-order valence-corrected chi connectivity index (χ4v) is 3.72. The number of carbonyl (C=O) groups excluding carboxylic acids is 2. The predicted octanol–water partition coefficient (Wildman–Crippen LogP) is 3.54. The van der Waals surface area contributed by atoms with Crippen molar-refractivity contribution < 1.29 is 24.2 Å². The van der Waals surface area contributed by atoms with Gasteiger partial charge in [-0.05, 0) is 50.3 Å². The SMILES string of the molecule is CCOC(=O)COCCCCN1C(=O)CCCC1C=CC(O)Cc1cccc(Cl)c1. The van der Waals surface area contributed by atoms with Crippen molar-refractivity contribution in [3.05, 3.63) is 47.0 Å². The normalized spacial score (nSPS) is 18.0. The van der Waals surface area contributed by atoms with Gasteiger partial charge in [-0.1, -0.05) is 35.9 Å². The lowest BCUT2D eigenvalue weighted by Gasteiger charge is -2.34. The van der Waals surface area contributed by atoms with Gasteiger partial charge < -0.3 is 19.5 Å². The third-order valence-electron chi connectivity index (χ3n) is 4.96. The molecule has 1 aromatic carbocycles. The van der Waals surface area contributed by atoms with E-state index in [4.69, 9.17) is 21.1 Å². The van der Waals surface area contributed by atoms with Gasteiger partial charge in [0.25, 0.3) is 0 Å². The van der Waals surface area contributed by atoms with Gasteiger partial charge in [-0.2, -0.15) is 0 Å². The Bertz CT molecular complexity index is 709. The number of rotatable bonds is 12. The van der Waals surface area contributed by atoms with E-state index in [1.807, 2.05) is 29.2 Å². The van der Waals surface area contributed by atoms with Gasteiger partial charge in [0.2, 0.25) is 5.91 Å². The quantitative estimate of drug-likeness (QED) is 0.307. The van der Waals surface area contributed by atoms with Crippen molar-refractivity contribution in [3.63, 3.8) is 0 Å². The minimum atomic E-state index is -0.626. The molecule has 0 spiro atoms. The number of halogens is 1. The number of hydrogen-bond acceptors (Lipinski definition) is 5. The first-order valence-corrected chi connectivity index (χ1v) is 11.0. The number of ether oxygens (including phenoxy) is 2. The van der Waals surface area contributed by atoms with Gasteiger partial charge >= 0.3 is 5.97 Å². The lowest BCUT2D eigenvalue weighted by atomic mass is 9.99. The maximum atomic E-state index is 12.4. The van der Waals surface area contributed by atoms with Crippen LogP contribution in [0.5, 0.6) is 0 Å². The molecule has 1 aliphatic rings. The lowest BCUT2D eigenvalue weighted by molar-refractivity contribution is -0.148. The molecule has 1 amide bonds. The largest absolute Gasteiger partial charge is 0.464 e. The second kappa shape index (κ2) is 13.4. The van der Waals surface area contributed by atoms with Gasteiger partial charge in [-0.3, -0.25) is 4.79 Å². The number of unbranched alkanes of at least 4 members (excludes halogenated alkanes) is 1. The zero-order valence-electron chi connectivity index (χ0n) is 17.6. The summed E-state index contributed by atoms with van der Waals surface area (Å²) in [5, 5.41) is 11.0. The third-order valence-corrected chi connectivity index (χ3v) is 5.20. The Labute approximate surface area is 183 Å². The van der Waals surface area contributed by atoms with E-state index in [-0.39, 0.29) is 24.5 Å². The van der Waals surface area contributed by atoms with Crippen LogP contribution in [-0.2, 0) is 25.5 Å². The number of nitrogens with zero attached hydrogens (tertiary/aromatic N) is 1. The van der Waals surface area contributed by atoms with Crippen molar-refractivity contribution in [2.45, 2.75) is 57.6 Å². The van der Waals surface area contributed by atoms with Gasteiger partial charge in [0.15, 0.2) is 0 Å². The van der Waals surface area contributed by atoms with E-state index < -0.39 is 6.10 Å². The summed E-state index contributed by atoms with van der Waals surface area (Å²) in [6.07, 6.45) is 7.45. The second-order valence-electron chi connectivity index (χ2n) is 7.40. The average Bonchev–Trinajstić information content (AvgIpc) is 2.70. The summed E-state index contributed by atoms with van der Waals surface area (Å²) in [7, 11) is 0. The third kappa shape index (κ3) is 8.86. The first-order valence-electron chi connectivity index (χ1n) is 10.6. The predicted molar refractivity (Wildman–Crippen MR) is 116 cm³/mol. The summed E-state index contributed by atoms with van der Waals surface area (Å²) in [5.41, 5.74) is 0.971. The molecule has 0 aromatic heterocycles. The van der Waals surface area contributed by atoms with Crippen LogP contribution < -0.4 is 0 Å². The number of likely N-dealkylation sites (tertiary alicyclic amines) is 1. The molecule has 30 heavy (non-hydrogen) atoms. The summed E-state index contributed by atoms with van der Waals surface area (Å²) in [5.74, 6) is -0.210. The molecule has 0 radical (unpaired) electrons. The lowest BCUT2D eigenvalue weighted by Crippen LogP contribution is -2.43. The Morgan fingerprint density at radius 1 is 1.40 bits per heavy atom. The number of aliphatic hydroxyl groups excluding tert-OH is 1. The number of esters is 1. The van der Waals surface area contributed by atoms with Crippen molar-refractivity contribution in [1.29, 1.82) is 0 Å². The van der Waals surface area contributed by atoms with Crippen LogP contribution in [0.1, 0.15) is 44.6 Å². The van der Waals surface area contributed by atoms with Crippen molar-refractivity contribution in [2.75, 3.05) is 26.4 Å². The molecule has 1 aliphatic heterocycles. The minimum absolute atomic E-state index is 0.000659. The molecule has 166 valence electrons. The molecule has 0 saturated carbocycles. The highest BCUT2D eigenvalue weighted by Crippen LogP contribution is 2.20. The van der Waals surface area contributed by atoms with Crippen molar-refractivity contribution in [1.82, 2.24) is 4.90 Å². The monoisotopic (exact) mass is 437 g/mol. The van der Waals surface area contributed by atoms with E-state index in [1.54, 1.807) is 19.1 Å². The fourth-order valence-electron chi connectivity index (χ4n) is 3.51. The topological polar surface area (TPSA) is 76.1 Å². The molecule has 2 atom stereocenters. The van der Waals surface area contributed by atoms with Crippen LogP contribution in [0, 0.1) is 0 Å². The number of aliphatic hydroxyl groups is 1. The van der Waals surface area contributed by atoms with Gasteiger partial charge in [0, 0.05) is 31.0 Å².